The zero-order chi connectivity index (χ0) is 12.5. The molecule has 1 aromatic carbocycles. The lowest BCUT2D eigenvalue weighted by atomic mass is 10.2. The van der Waals surface area contributed by atoms with Gasteiger partial charge in [0.1, 0.15) is 0 Å². The number of nitrogens with zero attached hydrogens (tertiary/aromatic N) is 1. The third-order valence-corrected chi connectivity index (χ3v) is 3.07. The predicted molar refractivity (Wildman–Crippen MR) is 73.2 cm³/mol. The van der Waals surface area contributed by atoms with Gasteiger partial charge in [-0.15, -0.1) is 0 Å². The van der Waals surface area contributed by atoms with Crippen LogP contribution in [0.25, 0.3) is 0 Å². The van der Waals surface area contributed by atoms with E-state index in [1.165, 1.54) is 5.56 Å². The highest BCUT2D eigenvalue weighted by atomic mass is 79.9. The van der Waals surface area contributed by atoms with Crippen molar-refractivity contribution in [3.05, 3.63) is 34.3 Å². The minimum Gasteiger partial charge on any atom is -0.383 e. The van der Waals surface area contributed by atoms with E-state index in [0.29, 0.717) is 0 Å². The number of rotatable bonds is 8. The van der Waals surface area contributed by atoms with Crippen molar-refractivity contribution in [2.75, 3.05) is 40.5 Å². The molecular weight excluding hydrogens is 282 g/mol. The Bertz CT molecular complexity index is 295. The highest BCUT2D eigenvalue weighted by molar-refractivity contribution is 9.10. The van der Waals surface area contributed by atoms with Crippen LogP contribution < -0.4 is 0 Å². The monoisotopic (exact) mass is 301 g/mol. The second-order valence-electron chi connectivity index (χ2n) is 3.89. The van der Waals surface area contributed by atoms with Crippen LogP contribution in [-0.2, 0) is 16.0 Å². The molecule has 0 fully saturated rings. The number of hydrogen-bond donors (Lipinski definition) is 0. The molecule has 0 saturated carbocycles. The predicted octanol–water partition coefficient (Wildman–Crippen LogP) is 2.54. The Kier molecular flexibility index (Phi) is 7.44. The zero-order valence-corrected chi connectivity index (χ0v) is 12.1. The molecule has 96 valence electrons. The second-order valence-corrected chi connectivity index (χ2v) is 4.80. The fraction of sp³-hybridized carbons (Fsp3) is 0.538. The number of benzene rings is 1. The first-order valence-electron chi connectivity index (χ1n) is 5.71. The minimum atomic E-state index is 0.750. The average molecular weight is 302 g/mol. The lowest BCUT2D eigenvalue weighted by molar-refractivity contribution is 0.110. The van der Waals surface area contributed by atoms with Crippen LogP contribution >= 0.6 is 15.9 Å². The SMILES string of the molecule is COCCN(CCOC)Cc1ccc(Br)cc1. The summed E-state index contributed by atoms with van der Waals surface area (Å²) in [7, 11) is 3.46. The number of ether oxygens (including phenoxy) is 2. The van der Waals surface area contributed by atoms with Crippen molar-refractivity contribution in [3.63, 3.8) is 0 Å². The molecule has 0 spiro atoms. The van der Waals surface area contributed by atoms with Crippen molar-refractivity contribution in [2.45, 2.75) is 6.54 Å². The molecular formula is C13H20BrNO2. The van der Waals surface area contributed by atoms with E-state index in [2.05, 4.69) is 45.1 Å². The fourth-order valence-electron chi connectivity index (χ4n) is 1.56. The van der Waals surface area contributed by atoms with Crippen molar-refractivity contribution in [2.24, 2.45) is 0 Å². The Labute approximate surface area is 112 Å². The van der Waals surface area contributed by atoms with Crippen molar-refractivity contribution in [3.8, 4) is 0 Å². The first-order chi connectivity index (χ1) is 8.26. The first kappa shape index (κ1) is 14.6. The van der Waals surface area contributed by atoms with E-state index in [4.69, 9.17) is 9.47 Å². The Morgan fingerprint density at radius 1 is 1.00 bits per heavy atom. The lowest BCUT2D eigenvalue weighted by Gasteiger charge is -2.21. The number of hydrogen-bond acceptors (Lipinski definition) is 3. The van der Waals surface area contributed by atoms with E-state index in [0.717, 1.165) is 37.3 Å². The molecule has 0 aliphatic heterocycles. The summed E-state index contributed by atoms with van der Waals surface area (Å²) in [5, 5.41) is 0. The summed E-state index contributed by atoms with van der Waals surface area (Å²) in [5.74, 6) is 0. The van der Waals surface area contributed by atoms with Crippen LogP contribution in [0.3, 0.4) is 0 Å². The molecule has 17 heavy (non-hydrogen) atoms. The summed E-state index contributed by atoms with van der Waals surface area (Å²) < 4.78 is 11.4. The van der Waals surface area contributed by atoms with E-state index >= 15 is 0 Å². The van der Waals surface area contributed by atoms with Gasteiger partial charge in [-0.2, -0.15) is 0 Å². The normalized spacial score (nSPS) is 11.1. The van der Waals surface area contributed by atoms with Crippen LogP contribution in [0.5, 0.6) is 0 Å². The Morgan fingerprint density at radius 3 is 2.00 bits per heavy atom. The van der Waals surface area contributed by atoms with Crippen LogP contribution in [0.2, 0.25) is 0 Å². The van der Waals surface area contributed by atoms with Crippen molar-refractivity contribution < 1.29 is 9.47 Å². The molecule has 0 amide bonds. The minimum absolute atomic E-state index is 0.750. The summed E-state index contributed by atoms with van der Waals surface area (Å²) in [6, 6.07) is 8.41. The first-order valence-corrected chi connectivity index (χ1v) is 6.50. The Hall–Kier alpha value is -0.420. The highest BCUT2D eigenvalue weighted by Crippen LogP contribution is 2.12. The third-order valence-electron chi connectivity index (χ3n) is 2.54. The molecule has 0 radical (unpaired) electrons. The largest absolute Gasteiger partial charge is 0.383 e. The summed E-state index contributed by atoms with van der Waals surface area (Å²) in [6.07, 6.45) is 0. The molecule has 0 heterocycles. The fourth-order valence-corrected chi connectivity index (χ4v) is 1.82. The van der Waals surface area contributed by atoms with Crippen molar-refractivity contribution in [1.82, 2.24) is 4.90 Å². The maximum absolute atomic E-state index is 5.12. The number of methoxy groups -OCH3 is 2. The second kappa shape index (κ2) is 8.64. The third kappa shape index (κ3) is 6.17. The maximum Gasteiger partial charge on any atom is 0.0589 e. The van der Waals surface area contributed by atoms with Crippen molar-refractivity contribution in [1.29, 1.82) is 0 Å². The van der Waals surface area contributed by atoms with E-state index in [-0.39, 0.29) is 0 Å². The van der Waals surface area contributed by atoms with E-state index < -0.39 is 0 Å². The van der Waals surface area contributed by atoms with Gasteiger partial charge in [0, 0.05) is 38.3 Å². The molecule has 3 nitrogen and oxygen atoms in total. The van der Waals surface area contributed by atoms with Crippen LogP contribution in [0.4, 0.5) is 0 Å². The molecule has 0 bridgehead atoms. The maximum atomic E-state index is 5.12. The van der Waals surface area contributed by atoms with E-state index in [1.54, 1.807) is 14.2 Å². The molecule has 0 unspecified atom stereocenters. The lowest BCUT2D eigenvalue weighted by Crippen LogP contribution is -2.30. The van der Waals surface area contributed by atoms with Crippen molar-refractivity contribution >= 4 is 15.9 Å². The topological polar surface area (TPSA) is 21.7 Å². The van der Waals surface area contributed by atoms with Gasteiger partial charge in [-0.3, -0.25) is 4.90 Å². The van der Waals surface area contributed by atoms with Crippen LogP contribution in [0.15, 0.2) is 28.7 Å². The Morgan fingerprint density at radius 2 is 1.53 bits per heavy atom. The van der Waals surface area contributed by atoms with Gasteiger partial charge in [-0.1, -0.05) is 28.1 Å². The van der Waals surface area contributed by atoms with Gasteiger partial charge >= 0.3 is 0 Å². The Balaban J connectivity index is 2.48. The molecule has 0 aliphatic carbocycles. The van der Waals surface area contributed by atoms with Gasteiger partial charge in [0.2, 0.25) is 0 Å². The zero-order valence-electron chi connectivity index (χ0n) is 10.5. The number of halogens is 1. The van der Waals surface area contributed by atoms with E-state index in [9.17, 15) is 0 Å². The molecule has 0 aliphatic rings. The van der Waals surface area contributed by atoms with Gasteiger partial charge in [0.25, 0.3) is 0 Å². The quantitative estimate of drug-likeness (QED) is 0.736. The molecule has 0 N–H and O–H groups in total. The summed E-state index contributed by atoms with van der Waals surface area (Å²) in [6.45, 7) is 4.28. The van der Waals surface area contributed by atoms with E-state index in [1.807, 2.05) is 0 Å². The summed E-state index contributed by atoms with van der Waals surface area (Å²) in [5.41, 5.74) is 1.31. The van der Waals surface area contributed by atoms with Crippen LogP contribution in [0, 0.1) is 0 Å². The van der Waals surface area contributed by atoms with Gasteiger partial charge < -0.3 is 9.47 Å². The van der Waals surface area contributed by atoms with Gasteiger partial charge in [0.15, 0.2) is 0 Å². The summed E-state index contributed by atoms with van der Waals surface area (Å²) >= 11 is 3.44. The molecule has 1 aromatic rings. The van der Waals surface area contributed by atoms with Gasteiger partial charge in [-0.25, -0.2) is 0 Å². The highest BCUT2D eigenvalue weighted by Gasteiger charge is 2.05. The molecule has 1 rings (SSSR count). The molecule has 4 heteroatoms. The standard InChI is InChI=1S/C13H20BrNO2/c1-16-9-7-15(8-10-17-2)11-12-3-5-13(14)6-4-12/h3-6H,7-11H2,1-2H3. The molecule has 0 aromatic heterocycles. The molecule has 0 atom stereocenters. The van der Waals surface area contributed by atoms with Gasteiger partial charge in [0.05, 0.1) is 13.2 Å². The summed E-state index contributed by atoms with van der Waals surface area (Å²) in [4.78, 5) is 2.33. The average Bonchev–Trinajstić information content (AvgIpc) is 2.35. The smallest absolute Gasteiger partial charge is 0.0589 e. The molecule has 0 saturated heterocycles. The van der Waals surface area contributed by atoms with Crippen LogP contribution in [-0.4, -0.2) is 45.4 Å². The van der Waals surface area contributed by atoms with Gasteiger partial charge in [-0.05, 0) is 17.7 Å². The van der Waals surface area contributed by atoms with Crippen LogP contribution in [0.1, 0.15) is 5.56 Å².